The van der Waals surface area contributed by atoms with Gasteiger partial charge in [-0.1, -0.05) is 29.8 Å². The molecule has 0 spiro atoms. The molecule has 0 saturated carbocycles. The van der Waals surface area contributed by atoms with Crippen LogP contribution in [-0.2, 0) is 21.0 Å². The second kappa shape index (κ2) is 11.5. The number of para-hydroxylation sites is 1. The maximum absolute atomic E-state index is 14.0. The third kappa shape index (κ3) is 6.06. The summed E-state index contributed by atoms with van der Waals surface area (Å²) < 4.78 is 39.4. The second-order valence-corrected chi connectivity index (χ2v) is 10.6. The Balaban J connectivity index is 1.49. The van der Waals surface area contributed by atoms with E-state index in [1.807, 2.05) is 12.1 Å². The lowest BCUT2D eigenvalue weighted by atomic mass is 9.95. The summed E-state index contributed by atoms with van der Waals surface area (Å²) in [7, 11) is 0. The van der Waals surface area contributed by atoms with Gasteiger partial charge in [-0.05, 0) is 53.9 Å². The number of carbonyl (C=O) groups excluding carboxylic acids is 3. The third-order valence-electron chi connectivity index (χ3n) is 7.48. The number of carbonyl (C=O) groups is 3. The van der Waals surface area contributed by atoms with Gasteiger partial charge in [0, 0.05) is 59.3 Å². The van der Waals surface area contributed by atoms with Crippen molar-refractivity contribution in [1.82, 2.24) is 14.5 Å². The van der Waals surface area contributed by atoms with Crippen molar-refractivity contribution in [3.05, 3.63) is 89.2 Å². The summed E-state index contributed by atoms with van der Waals surface area (Å²) >= 11 is 5.95. The predicted octanol–water partition coefficient (Wildman–Crippen LogP) is 5.16. The van der Waals surface area contributed by atoms with Crippen LogP contribution in [0.1, 0.15) is 28.8 Å². The maximum Gasteiger partial charge on any atom is 0.497 e. The molecule has 2 amide bonds. The first-order valence-corrected chi connectivity index (χ1v) is 13.4. The summed E-state index contributed by atoms with van der Waals surface area (Å²) in [5, 5.41) is 0.420. The van der Waals surface area contributed by atoms with Gasteiger partial charge in [0.25, 0.3) is 5.91 Å². The van der Waals surface area contributed by atoms with Gasteiger partial charge in [-0.3, -0.25) is 14.6 Å². The highest BCUT2D eigenvalue weighted by molar-refractivity contribution is 6.30. The number of anilines is 1. The Labute approximate surface area is 239 Å². The van der Waals surface area contributed by atoms with E-state index in [2.05, 4.69) is 9.88 Å². The molecule has 0 aliphatic carbocycles. The number of quaternary nitrogens is 1. The Hall–Kier alpha value is -3.96. The molecule has 214 valence electrons. The fraction of sp³-hybridized carbons (Fsp3) is 0.310. The largest absolute Gasteiger partial charge is 0.497 e. The minimum atomic E-state index is -5.32. The molecule has 3 heterocycles. The van der Waals surface area contributed by atoms with Crippen molar-refractivity contribution in [2.24, 2.45) is 5.92 Å². The fourth-order valence-corrected chi connectivity index (χ4v) is 5.54. The monoisotopic (exact) mass is 587 g/mol. The predicted molar refractivity (Wildman–Crippen MR) is 146 cm³/mol. The Bertz CT molecular complexity index is 1430. The highest BCUT2D eigenvalue weighted by atomic mass is 35.5. The minimum Gasteiger partial charge on any atom is -0.371 e. The smallest absolute Gasteiger partial charge is 0.371 e. The Morgan fingerprint density at radius 2 is 1.63 bits per heavy atom. The Morgan fingerprint density at radius 1 is 0.976 bits per heavy atom. The van der Waals surface area contributed by atoms with Gasteiger partial charge in [0.15, 0.2) is 5.69 Å². The number of benzene rings is 2. The van der Waals surface area contributed by atoms with E-state index >= 15 is 0 Å². The molecule has 2 aliphatic heterocycles. The zero-order valence-corrected chi connectivity index (χ0v) is 22.6. The van der Waals surface area contributed by atoms with Crippen LogP contribution < -0.4 is 9.55 Å². The molecule has 2 aromatic carbocycles. The number of rotatable bonds is 5. The molecule has 1 saturated heterocycles. The molecule has 2 aliphatic rings. The van der Waals surface area contributed by atoms with E-state index in [1.54, 1.807) is 30.6 Å². The van der Waals surface area contributed by atoms with Gasteiger partial charge >= 0.3 is 18.1 Å². The molecule has 41 heavy (non-hydrogen) atoms. The summed E-state index contributed by atoms with van der Waals surface area (Å²) in [6.07, 6.45) is -0.857. The number of hydroxylamine groups is 2. The van der Waals surface area contributed by atoms with Gasteiger partial charge in [0.1, 0.15) is 13.1 Å². The number of nitrogens with zero attached hydrogens (tertiary/aromatic N) is 4. The van der Waals surface area contributed by atoms with Crippen molar-refractivity contribution >= 4 is 40.8 Å². The molecule has 1 unspecified atom stereocenters. The number of aromatic nitrogens is 1. The van der Waals surface area contributed by atoms with Crippen molar-refractivity contribution in [3.8, 4) is 0 Å². The number of fused-ring (bicyclic) bond motifs is 1. The van der Waals surface area contributed by atoms with E-state index in [9.17, 15) is 27.6 Å². The lowest BCUT2D eigenvalue weighted by molar-refractivity contribution is -0.235. The van der Waals surface area contributed by atoms with E-state index in [4.69, 9.17) is 16.4 Å². The summed E-state index contributed by atoms with van der Waals surface area (Å²) in [5.74, 6) is -4.05. The van der Waals surface area contributed by atoms with Crippen LogP contribution in [0.25, 0.3) is 0 Å². The third-order valence-corrected chi connectivity index (χ3v) is 7.73. The molecule has 3 aromatic rings. The van der Waals surface area contributed by atoms with Gasteiger partial charge in [0.05, 0.1) is 6.54 Å². The van der Waals surface area contributed by atoms with Gasteiger partial charge < -0.3 is 9.80 Å². The number of pyridine rings is 1. The van der Waals surface area contributed by atoms with Gasteiger partial charge in [0.2, 0.25) is 0 Å². The topological polar surface area (TPSA) is 79.8 Å². The van der Waals surface area contributed by atoms with Crippen LogP contribution in [0.4, 0.5) is 24.5 Å². The minimum absolute atomic E-state index is 0.0621. The standard InChI is InChI=1S/C29H27ClF3N4O4/c30-23-7-5-21(6-8-23)27(39)36-17-22-3-1-2-4-25(22)37(26(38)18-36,41-28(40)29(31,32)33)19-20-11-15-35(16-12-20)24-9-13-34-14-10-24/h1-10,13-14,20H,11-12,15-19H2/q+1. The van der Waals surface area contributed by atoms with E-state index in [-0.39, 0.29) is 30.3 Å². The highest BCUT2D eigenvalue weighted by Gasteiger charge is 2.55. The number of hydrogen-bond donors (Lipinski definition) is 0. The second-order valence-electron chi connectivity index (χ2n) is 10.1. The summed E-state index contributed by atoms with van der Waals surface area (Å²) in [4.78, 5) is 52.3. The summed E-state index contributed by atoms with van der Waals surface area (Å²) in [5.41, 5.74) is 1.75. The maximum atomic E-state index is 14.0. The van der Waals surface area contributed by atoms with Crippen molar-refractivity contribution < 1.29 is 32.4 Å². The van der Waals surface area contributed by atoms with Crippen molar-refractivity contribution in [2.75, 3.05) is 31.1 Å². The molecular weight excluding hydrogens is 561 g/mol. The normalized spacial score (nSPS) is 19.9. The molecule has 0 bridgehead atoms. The molecule has 1 atom stereocenters. The Kier molecular flexibility index (Phi) is 8.01. The van der Waals surface area contributed by atoms with Crippen LogP contribution in [0.3, 0.4) is 0 Å². The summed E-state index contributed by atoms with van der Waals surface area (Å²) in [6, 6.07) is 16.2. The van der Waals surface area contributed by atoms with Crippen molar-refractivity contribution in [2.45, 2.75) is 25.6 Å². The van der Waals surface area contributed by atoms with Gasteiger partial charge in [-0.25, -0.2) is 9.59 Å². The van der Waals surface area contributed by atoms with E-state index in [0.717, 1.165) is 5.69 Å². The number of piperidine rings is 1. The number of halogens is 4. The van der Waals surface area contributed by atoms with Crippen LogP contribution in [0.15, 0.2) is 73.1 Å². The molecule has 5 rings (SSSR count). The van der Waals surface area contributed by atoms with Crippen LogP contribution >= 0.6 is 11.6 Å². The molecule has 1 aromatic heterocycles. The van der Waals surface area contributed by atoms with Gasteiger partial charge in [-0.2, -0.15) is 13.2 Å². The lowest BCUT2D eigenvalue weighted by Crippen LogP contribution is -2.61. The lowest BCUT2D eigenvalue weighted by Gasteiger charge is -2.38. The zero-order valence-electron chi connectivity index (χ0n) is 21.9. The average molecular weight is 588 g/mol. The molecule has 0 N–H and O–H groups in total. The first-order chi connectivity index (χ1) is 19.6. The SMILES string of the molecule is O=C(c1ccc(Cl)cc1)N1CC(=O)[N+](CC2CCN(c3ccncc3)CC2)(OC(=O)C(F)(F)F)c2ccccc2C1. The molecule has 8 nitrogen and oxygen atoms in total. The van der Waals surface area contributed by atoms with E-state index in [1.165, 1.54) is 35.2 Å². The van der Waals surface area contributed by atoms with Crippen LogP contribution in [0.2, 0.25) is 5.02 Å². The van der Waals surface area contributed by atoms with Crippen LogP contribution in [0.5, 0.6) is 0 Å². The van der Waals surface area contributed by atoms with Crippen molar-refractivity contribution in [3.63, 3.8) is 0 Å². The highest BCUT2D eigenvalue weighted by Crippen LogP contribution is 2.38. The molecule has 12 heteroatoms. The first-order valence-electron chi connectivity index (χ1n) is 13.1. The Morgan fingerprint density at radius 3 is 2.29 bits per heavy atom. The first kappa shape index (κ1) is 28.6. The van der Waals surface area contributed by atoms with E-state index < -0.39 is 35.2 Å². The zero-order chi connectivity index (χ0) is 29.2. The van der Waals surface area contributed by atoms with Crippen molar-refractivity contribution in [1.29, 1.82) is 0 Å². The van der Waals surface area contributed by atoms with Gasteiger partial charge in [-0.15, -0.1) is 0 Å². The quantitative estimate of drug-likeness (QED) is 0.384. The number of amides is 2. The molecule has 0 radical (unpaired) electrons. The number of alkyl halides is 3. The summed E-state index contributed by atoms with van der Waals surface area (Å²) in [6.45, 7) is 0.382. The fourth-order valence-electron chi connectivity index (χ4n) is 5.41. The molecular formula is C29H27ClF3N4O4+. The van der Waals surface area contributed by atoms with Crippen LogP contribution in [-0.4, -0.2) is 60.0 Å². The van der Waals surface area contributed by atoms with E-state index in [0.29, 0.717) is 36.5 Å². The average Bonchev–Trinajstić information content (AvgIpc) is 3.08. The molecule has 1 fully saturated rings. The number of hydrogen-bond acceptors (Lipinski definition) is 6. The van der Waals surface area contributed by atoms with Crippen LogP contribution in [0, 0.1) is 5.92 Å².